The van der Waals surface area contributed by atoms with Crippen LogP contribution in [0.15, 0.2) is 17.5 Å². The smallest absolute Gasteiger partial charge is 0.336 e. The van der Waals surface area contributed by atoms with Crippen LogP contribution < -0.4 is 0 Å². The first kappa shape index (κ1) is 11.9. The van der Waals surface area contributed by atoms with Crippen molar-refractivity contribution in [2.75, 3.05) is 6.61 Å². The maximum absolute atomic E-state index is 11.3. The summed E-state index contributed by atoms with van der Waals surface area (Å²) in [6.45, 7) is 7.29. The lowest BCUT2D eigenvalue weighted by Gasteiger charge is -2.09. The average Bonchev–Trinajstić information content (AvgIpc) is 2.63. The molecule has 0 amide bonds. The molecule has 0 aromatic carbocycles. The number of aromatic nitrogens is 1. The largest absolute Gasteiger partial charge is 0.463 e. The van der Waals surface area contributed by atoms with Gasteiger partial charge in [-0.15, -0.1) is 11.3 Å². The third kappa shape index (κ3) is 2.87. The summed E-state index contributed by atoms with van der Waals surface area (Å²) in [6.07, 6.45) is -1.07. The topological polar surface area (TPSA) is 59.4 Å². The number of esters is 1. The Morgan fingerprint density at radius 2 is 2.47 bits per heavy atom. The van der Waals surface area contributed by atoms with Crippen LogP contribution in [0.25, 0.3) is 0 Å². The molecule has 0 bridgehead atoms. The van der Waals surface area contributed by atoms with Gasteiger partial charge in [-0.05, 0) is 13.8 Å². The number of carbonyl (C=O) groups is 1. The van der Waals surface area contributed by atoms with E-state index < -0.39 is 12.1 Å². The Hall–Kier alpha value is -1.20. The van der Waals surface area contributed by atoms with E-state index in [4.69, 9.17) is 4.74 Å². The highest BCUT2D eigenvalue weighted by molar-refractivity contribution is 7.09. The average molecular weight is 227 g/mol. The first-order chi connectivity index (χ1) is 7.06. The molecular weight excluding hydrogens is 214 g/mol. The molecule has 0 fully saturated rings. The minimum Gasteiger partial charge on any atom is -0.463 e. The summed E-state index contributed by atoms with van der Waals surface area (Å²) in [6, 6.07) is 0. The van der Waals surface area contributed by atoms with Crippen LogP contribution in [0, 0.1) is 6.92 Å². The highest BCUT2D eigenvalue weighted by atomic mass is 32.1. The van der Waals surface area contributed by atoms with Gasteiger partial charge in [-0.25, -0.2) is 9.78 Å². The maximum atomic E-state index is 11.3. The van der Waals surface area contributed by atoms with E-state index in [1.807, 2.05) is 6.92 Å². The number of thiazole rings is 1. The molecule has 1 aromatic rings. The quantitative estimate of drug-likeness (QED) is 0.627. The van der Waals surface area contributed by atoms with Crippen LogP contribution in [0.1, 0.15) is 23.7 Å². The monoisotopic (exact) mass is 227 g/mol. The summed E-state index contributed by atoms with van der Waals surface area (Å²) in [5.41, 5.74) is 0.830. The van der Waals surface area contributed by atoms with Crippen molar-refractivity contribution >= 4 is 17.3 Å². The lowest BCUT2D eigenvalue weighted by molar-refractivity contribution is -0.139. The van der Waals surface area contributed by atoms with Gasteiger partial charge in [0.15, 0.2) is 0 Å². The predicted molar refractivity (Wildman–Crippen MR) is 57.6 cm³/mol. The van der Waals surface area contributed by atoms with Gasteiger partial charge in [0.25, 0.3) is 0 Å². The van der Waals surface area contributed by atoms with E-state index in [-0.39, 0.29) is 12.2 Å². The number of aliphatic hydroxyl groups excluding tert-OH is 1. The van der Waals surface area contributed by atoms with Gasteiger partial charge in [0.1, 0.15) is 11.1 Å². The van der Waals surface area contributed by atoms with Crippen molar-refractivity contribution in [2.24, 2.45) is 0 Å². The van der Waals surface area contributed by atoms with Gasteiger partial charge in [0.05, 0.1) is 12.2 Å². The highest BCUT2D eigenvalue weighted by Gasteiger charge is 2.21. The van der Waals surface area contributed by atoms with E-state index in [1.54, 1.807) is 12.3 Å². The van der Waals surface area contributed by atoms with Crippen LogP contribution in [0.5, 0.6) is 0 Å². The Morgan fingerprint density at radius 1 is 1.80 bits per heavy atom. The van der Waals surface area contributed by atoms with E-state index in [1.165, 1.54) is 11.3 Å². The van der Waals surface area contributed by atoms with Gasteiger partial charge in [-0.3, -0.25) is 0 Å². The molecule has 0 saturated carbocycles. The molecule has 0 aliphatic rings. The van der Waals surface area contributed by atoms with Crippen molar-refractivity contribution in [2.45, 2.75) is 20.0 Å². The van der Waals surface area contributed by atoms with Gasteiger partial charge < -0.3 is 9.84 Å². The molecule has 0 aliphatic heterocycles. The number of aliphatic hydroxyl groups is 1. The third-order valence-electron chi connectivity index (χ3n) is 1.74. The summed E-state index contributed by atoms with van der Waals surface area (Å²) in [7, 11) is 0. The fraction of sp³-hybridized carbons (Fsp3) is 0.400. The van der Waals surface area contributed by atoms with Gasteiger partial charge in [-0.1, -0.05) is 6.58 Å². The molecule has 15 heavy (non-hydrogen) atoms. The number of aryl methyl sites for hydroxylation is 1. The Balaban J connectivity index is 2.72. The second kappa shape index (κ2) is 5.04. The van der Waals surface area contributed by atoms with Crippen molar-refractivity contribution in [3.05, 3.63) is 28.2 Å². The first-order valence-electron chi connectivity index (χ1n) is 4.52. The standard InChI is InChI=1S/C10H13NO3S/c1-4-14-10(13)7(3)8(12)9-11-6(2)5-15-9/h5,8,12H,3-4H2,1-2H3. The zero-order chi connectivity index (χ0) is 11.4. The number of hydrogen-bond donors (Lipinski definition) is 1. The zero-order valence-corrected chi connectivity index (χ0v) is 9.50. The van der Waals surface area contributed by atoms with Gasteiger partial charge in [-0.2, -0.15) is 0 Å². The molecule has 4 nitrogen and oxygen atoms in total. The fourth-order valence-corrected chi connectivity index (χ4v) is 1.79. The zero-order valence-electron chi connectivity index (χ0n) is 8.69. The van der Waals surface area contributed by atoms with Crippen LogP contribution in [0.2, 0.25) is 0 Å². The normalized spacial score (nSPS) is 12.2. The van der Waals surface area contributed by atoms with Crippen molar-refractivity contribution in [3.63, 3.8) is 0 Å². The van der Waals surface area contributed by atoms with Crippen LogP contribution in [0.4, 0.5) is 0 Å². The molecule has 82 valence electrons. The number of carbonyl (C=O) groups excluding carboxylic acids is 1. The number of ether oxygens (including phenoxy) is 1. The number of rotatable bonds is 4. The van der Waals surface area contributed by atoms with Crippen molar-refractivity contribution < 1.29 is 14.6 Å². The van der Waals surface area contributed by atoms with Gasteiger partial charge in [0.2, 0.25) is 0 Å². The van der Waals surface area contributed by atoms with Crippen molar-refractivity contribution in [3.8, 4) is 0 Å². The number of hydrogen-bond acceptors (Lipinski definition) is 5. The molecule has 1 N–H and O–H groups in total. The molecule has 1 unspecified atom stereocenters. The fourth-order valence-electron chi connectivity index (χ4n) is 0.982. The van der Waals surface area contributed by atoms with Crippen molar-refractivity contribution in [1.29, 1.82) is 0 Å². The lowest BCUT2D eigenvalue weighted by Crippen LogP contribution is -2.13. The predicted octanol–water partition coefficient (Wildman–Crippen LogP) is 1.60. The summed E-state index contributed by atoms with van der Waals surface area (Å²) in [5.74, 6) is -0.585. The second-order valence-electron chi connectivity index (χ2n) is 2.98. The Kier molecular flexibility index (Phi) is 3.99. The second-order valence-corrected chi connectivity index (χ2v) is 3.87. The molecule has 1 atom stereocenters. The molecule has 1 heterocycles. The minimum absolute atomic E-state index is 0.0196. The molecule has 0 radical (unpaired) electrons. The van der Waals surface area contributed by atoms with E-state index in [0.717, 1.165) is 5.69 Å². The summed E-state index contributed by atoms with van der Waals surface area (Å²) in [5, 5.41) is 12.0. The Morgan fingerprint density at radius 3 is 2.93 bits per heavy atom. The molecular formula is C10H13NO3S. The molecule has 5 heteroatoms. The first-order valence-corrected chi connectivity index (χ1v) is 5.40. The summed E-state index contributed by atoms with van der Waals surface area (Å²) < 4.78 is 4.73. The molecule has 1 aromatic heterocycles. The molecule has 0 saturated heterocycles. The van der Waals surface area contributed by atoms with Crippen LogP contribution in [-0.4, -0.2) is 22.7 Å². The number of nitrogens with zero attached hydrogens (tertiary/aromatic N) is 1. The minimum atomic E-state index is -1.07. The van der Waals surface area contributed by atoms with Crippen LogP contribution >= 0.6 is 11.3 Å². The summed E-state index contributed by atoms with van der Waals surface area (Å²) in [4.78, 5) is 15.3. The highest BCUT2D eigenvalue weighted by Crippen LogP contribution is 2.24. The van der Waals surface area contributed by atoms with Crippen LogP contribution in [0.3, 0.4) is 0 Å². The molecule has 1 rings (SSSR count). The Labute approximate surface area is 92.2 Å². The Bertz CT molecular complexity index is 372. The third-order valence-corrected chi connectivity index (χ3v) is 2.75. The van der Waals surface area contributed by atoms with Gasteiger partial charge >= 0.3 is 5.97 Å². The van der Waals surface area contributed by atoms with Crippen LogP contribution in [-0.2, 0) is 9.53 Å². The van der Waals surface area contributed by atoms with E-state index in [2.05, 4.69) is 11.6 Å². The van der Waals surface area contributed by atoms with E-state index >= 15 is 0 Å². The SMILES string of the molecule is C=C(C(=O)OCC)C(O)c1nc(C)cs1. The molecule has 0 spiro atoms. The summed E-state index contributed by atoms with van der Waals surface area (Å²) >= 11 is 1.29. The lowest BCUT2D eigenvalue weighted by atomic mass is 10.2. The van der Waals surface area contributed by atoms with E-state index in [0.29, 0.717) is 5.01 Å². The van der Waals surface area contributed by atoms with Crippen molar-refractivity contribution in [1.82, 2.24) is 4.98 Å². The maximum Gasteiger partial charge on any atom is 0.336 e. The molecule has 0 aliphatic carbocycles. The van der Waals surface area contributed by atoms with E-state index in [9.17, 15) is 9.90 Å². The van der Waals surface area contributed by atoms with Gasteiger partial charge in [0, 0.05) is 11.1 Å².